The number of azo groups is 1. The van der Waals surface area contributed by atoms with Gasteiger partial charge in [-0.15, -0.1) is 14.6 Å². The van der Waals surface area contributed by atoms with Gasteiger partial charge in [0.15, 0.2) is 5.84 Å². The summed E-state index contributed by atoms with van der Waals surface area (Å²) < 4.78 is 36.7. The first-order valence-electron chi connectivity index (χ1n) is 9.69. The molecule has 3 rings (SSSR count). The third-order valence-electron chi connectivity index (χ3n) is 4.45. The Morgan fingerprint density at radius 1 is 1.08 bits per heavy atom. The average molecular weight is 613 g/mol. The minimum atomic E-state index is -4.58. The summed E-state index contributed by atoms with van der Waals surface area (Å²) >= 11 is 0.587. The SMILES string of the molecule is C.Cc1cc(S(=O)(=O)O)cc([N-]N=C(N=Nc2cc(SOOO)ccc2C(=O)O)c2ccccc2)c1O.[Cu+]. The van der Waals surface area contributed by atoms with Crippen LogP contribution in [0, 0.1) is 6.92 Å². The van der Waals surface area contributed by atoms with Crippen LogP contribution >= 0.6 is 12.0 Å². The Labute approximate surface area is 232 Å². The van der Waals surface area contributed by atoms with Crippen molar-refractivity contribution in [3.63, 3.8) is 0 Å². The van der Waals surface area contributed by atoms with Crippen LogP contribution in [-0.4, -0.2) is 40.2 Å². The van der Waals surface area contributed by atoms with Gasteiger partial charge in [0, 0.05) is 10.5 Å². The molecule has 0 heterocycles. The number of phenolic OH excluding ortho intramolecular Hbond substituents is 1. The number of carboxylic acids is 1. The Balaban J connectivity index is 0.00000361. The van der Waals surface area contributed by atoms with Crippen LogP contribution in [0.5, 0.6) is 5.75 Å². The van der Waals surface area contributed by atoms with Gasteiger partial charge in [-0.05, 0) is 36.8 Å². The molecule has 0 saturated heterocycles. The van der Waals surface area contributed by atoms with Crippen LogP contribution in [-0.2, 0) is 36.6 Å². The second-order valence-electron chi connectivity index (χ2n) is 6.88. The van der Waals surface area contributed by atoms with E-state index in [0.717, 1.165) is 12.1 Å². The summed E-state index contributed by atoms with van der Waals surface area (Å²) in [6.07, 6.45) is 0. The van der Waals surface area contributed by atoms with Gasteiger partial charge in [-0.3, -0.25) is 4.55 Å². The van der Waals surface area contributed by atoms with Crippen molar-refractivity contribution in [2.75, 3.05) is 0 Å². The topological polar surface area (TPSA) is 202 Å². The monoisotopic (exact) mass is 612 g/mol. The van der Waals surface area contributed by atoms with E-state index in [1.54, 1.807) is 30.3 Å². The van der Waals surface area contributed by atoms with E-state index in [1.165, 1.54) is 25.1 Å². The number of rotatable bonds is 9. The number of hydrogen-bond acceptors (Lipinski definition) is 10. The molecular formula is C22H21CuN4O9S2. The summed E-state index contributed by atoms with van der Waals surface area (Å²) in [5, 5.41) is 43.5. The Bertz CT molecular complexity index is 1440. The first kappa shape index (κ1) is 32.7. The van der Waals surface area contributed by atoms with Gasteiger partial charge in [-0.25, -0.2) is 10.1 Å². The molecule has 0 saturated carbocycles. The maximum Gasteiger partial charge on any atom is 1.00 e. The number of aromatic carboxylic acids is 1. The van der Waals surface area contributed by atoms with E-state index in [4.69, 9.17) is 5.26 Å². The fraction of sp³-hybridized carbons (Fsp3) is 0.0909. The van der Waals surface area contributed by atoms with Crippen molar-refractivity contribution in [3.8, 4) is 5.75 Å². The fourth-order valence-corrected chi connectivity index (χ4v) is 3.74. The van der Waals surface area contributed by atoms with Gasteiger partial charge in [0.2, 0.25) is 0 Å². The van der Waals surface area contributed by atoms with Crippen molar-refractivity contribution in [2.45, 2.75) is 24.1 Å². The molecule has 0 atom stereocenters. The van der Waals surface area contributed by atoms with Crippen molar-refractivity contribution in [1.29, 1.82) is 0 Å². The Hall–Kier alpha value is -3.34. The van der Waals surface area contributed by atoms with Crippen LogP contribution in [0.3, 0.4) is 0 Å². The van der Waals surface area contributed by atoms with Crippen molar-refractivity contribution in [3.05, 3.63) is 82.8 Å². The van der Waals surface area contributed by atoms with Crippen LogP contribution in [0.4, 0.5) is 11.4 Å². The largest absolute Gasteiger partial charge is 1.00 e. The van der Waals surface area contributed by atoms with Gasteiger partial charge >= 0.3 is 23.0 Å². The van der Waals surface area contributed by atoms with E-state index in [1.807, 2.05) is 0 Å². The molecule has 3 aromatic carbocycles. The molecule has 38 heavy (non-hydrogen) atoms. The molecule has 13 nitrogen and oxygen atoms in total. The molecule has 0 bridgehead atoms. The quantitative estimate of drug-likeness (QED) is 0.0331. The molecule has 4 N–H and O–H groups in total. The zero-order chi connectivity index (χ0) is 26.3. The maximum absolute atomic E-state index is 11.6. The fourth-order valence-electron chi connectivity index (χ4n) is 2.76. The smallest absolute Gasteiger partial charge is 0.571 e. The third kappa shape index (κ3) is 8.61. The van der Waals surface area contributed by atoms with Crippen LogP contribution in [0.1, 0.15) is 28.9 Å². The first-order valence-corrected chi connectivity index (χ1v) is 11.9. The Kier molecular flexibility index (Phi) is 12.5. The Morgan fingerprint density at radius 3 is 2.37 bits per heavy atom. The van der Waals surface area contributed by atoms with Crippen LogP contribution in [0.25, 0.3) is 5.43 Å². The van der Waals surface area contributed by atoms with Gasteiger partial charge in [0.25, 0.3) is 10.1 Å². The van der Waals surface area contributed by atoms with Gasteiger partial charge in [0.05, 0.1) is 22.5 Å². The van der Waals surface area contributed by atoms with Crippen molar-refractivity contribution >= 4 is 45.3 Å². The summed E-state index contributed by atoms with van der Waals surface area (Å²) in [7, 11) is -4.58. The number of hydrogen-bond donors (Lipinski definition) is 4. The first-order chi connectivity index (χ1) is 17.1. The third-order valence-corrected chi connectivity index (χ3v) is 5.86. The summed E-state index contributed by atoms with van der Waals surface area (Å²) in [5.74, 6) is -1.78. The predicted molar refractivity (Wildman–Crippen MR) is 134 cm³/mol. The molecule has 0 spiro atoms. The molecule has 0 unspecified atom stereocenters. The number of phenols is 1. The van der Waals surface area contributed by atoms with E-state index in [2.05, 4.69) is 30.1 Å². The molecule has 0 amide bonds. The zero-order valence-electron chi connectivity index (χ0n) is 18.5. The molecular weight excluding hydrogens is 592 g/mol. The van der Waals surface area contributed by atoms with E-state index in [0.29, 0.717) is 22.5 Å². The summed E-state index contributed by atoms with van der Waals surface area (Å²) in [6.45, 7) is 1.41. The number of carbonyl (C=O) groups is 1. The molecule has 0 aromatic heterocycles. The van der Waals surface area contributed by atoms with Crippen LogP contribution < -0.4 is 0 Å². The number of benzene rings is 3. The van der Waals surface area contributed by atoms with Gasteiger partial charge < -0.3 is 20.7 Å². The normalized spacial score (nSPS) is 11.5. The Morgan fingerprint density at radius 2 is 1.76 bits per heavy atom. The average Bonchev–Trinajstić information content (AvgIpc) is 2.84. The van der Waals surface area contributed by atoms with E-state index in [9.17, 15) is 28.0 Å². The van der Waals surface area contributed by atoms with Crippen LogP contribution in [0.15, 0.2) is 85.8 Å². The zero-order valence-corrected chi connectivity index (χ0v) is 21.1. The van der Waals surface area contributed by atoms with E-state index >= 15 is 0 Å². The number of nitrogens with zero attached hydrogens (tertiary/aromatic N) is 4. The van der Waals surface area contributed by atoms with Gasteiger partial charge in [0.1, 0.15) is 11.4 Å². The van der Waals surface area contributed by atoms with Crippen molar-refractivity contribution in [2.24, 2.45) is 15.3 Å². The number of carboxylic acid groups (broad SMARTS) is 1. The second-order valence-corrected chi connectivity index (χ2v) is 9.08. The summed E-state index contributed by atoms with van der Waals surface area (Å²) in [6, 6.07) is 14.2. The molecule has 0 aliphatic carbocycles. The number of aryl methyl sites for hydroxylation is 1. The van der Waals surface area contributed by atoms with Crippen molar-refractivity contribution < 1.29 is 59.7 Å². The number of amidine groups is 1. The maximum atomic E-state index is 11.6. The molecule has 0 aliphatic rings. The minimum absolute atomic E-state index is 0. The van der Waals surface area contributed by atoms with Gasteiger partial charge in [-0.2, -0.15) is 8.42 Å². The molecule has 0 fully saturated rings. The van der Waals surface area contributed by atoms with Crippen LogP contribution in [0.2, 0.25) is 0 Å². The van der Waals surface area contributed by atoms with Crippen molar-refractivity contribution in [1.82, 2.24) is 0 Å². The molecule has 206 valence electrons. The molecule has 0 radical (unpaired) electrons. The summed E-state index contributed by atoms with van der Waals surface area (Å²) in [4.78, 5) is 11.4. The molecule has 16 heteroatoms. The molecule has 0 aliphatic heterocycles. The minimum Gasteiger partial charge on any atom is -0.571 e. The number of aromatic hydroxyl groups is 1. The predicted octanol–water partition coefficient (Wildman–Crippen LogP) is 5.86. The van der Waals surface area contributed by atoms with Gasteiger partial charge in [-0.1, -0.05) is 54.6 Å². The van der Waals surface area contributed by atoms with E-state index in [-0.39, 0.29) is 58.6 Å². The second kappa shape index (κ2) is 14.6. The molecule has 3 aromatic rings. The standard InChI is InChI=1S/C21H18N4O9S2.CH4.Cu/c1-12-9-15(36(30,31)32)11-18(19(12)26)23-25-20(13-5-3-2-4-6-13)24-22-17-10-14(35-34-33-29)7-8-16(17)21(27)28;;/h2-11H,1H3,(H5,22,23,24,25,26,27,28,29,30,31,32);1H4;/q;;+1/p-1. The summed E-state index contributed by atoms with van der Waals surface area (Å²) in [5.41, 5.74) is 3.84. The van der Waals surface area contributed by atoms with E-state index < -0.39 is 21.0 Å².